The quantitative estimate of drug-likeness (QED) is 0.825. The fourth-order valence-electron chi connectivity index (χ4n) is 1.88. The second kappa shape index (κ2) is 5.98. The van der Waals surface area contributed by atoms with Crippen molar-refractivity contribution in [3.63, 3.8) is 0 Å². The number of hydrogen-bond acceptors (Lipinski definition) is 4. The number of H-pyrrole nitrogens is 1. The molecule has 0 atom stereocenters. The van der Waals surface area contributed by atoms with Gasteiger partial charge in [-0.3, -0.25) is 0 Å². The molecule has 0 saturated carbocycles. The summed E-state index contributed by atoms with van der Waals surface area (Å²) in [6.45, 7) is 6.36. The standard InChI is InChI=1S/C12H19N3S2/c1-8(2)6-17-7-11-14-10-3-4-13-5-9(10)12(16)15-11/h8,13H,3-7H2,1-2H3,(H,14,15,16). The third kappa shape index (κ3) is 3.53. The Morgan fingerprint density at radius 1 is 1.47 bits per heavy atom. The molecular weight excluding hydrogens is 250 g/mol. The van der Waals surface area contributed by atoms with Crippen LogP contribution in [0.25, 0.3) is 0 Å². The van der Waals surface area contributed by atoms with Crippen LogP contribution in [0.1, 0.15) is 30.9 Å². The summed E-state index contributed by atoms with van der Waals surface area (Å²) in [7, 11) is 0. The number of hydrogen-bond donors (Lipinski definition) is 2. The van der Waals surface area contributed by atoms with Crippen LogP contribution in [0, 0.1) is 10.6 Å². The van der Waals surface area contributed by atoms with E-state index in [4.69, 9.17) is 12.2 Å². The van der Waals surface area contributed by atoms with Gasteiger partial charge in [-0.1, -0.05) is 26.1 Å². The van der Waals surface area contributed by atoms with Crippen molar-refractivity contribution in [2.24, 2.45) is 5.92 Å². The molecule has 0 bridgehead atoms. The van der Waals surface area contributed by atoms with Crippen molar-refractivity contribution in [3.8, 4) is 0 Å². The van der Waals surface area contributed by atoms with Gasteiger partial charge in [-0.05, 0) is 11.7 Å². The number of aromatic amines is 1. The fraction of sp³-hybridized carbons (Fsp3) is 0.667. The van der Waals surface area contributed by atoms with Crippen LogP contribution in [-0.2, 0) is 18.7 Å². The largest absolute Gasteiger partial charge is 0.346 e. The van der Waals surface area contributed by atoms with E-state index in [0.29, 0.717) is 0 Å². The molecule has 1 aromatic rings. The molecule has 3 nitrogen and oxygen atoms in total. The molecule has 5 heteroatoms. The summed E-state index contributed by atoms with van der Waals surface area (Å²) in [6, 6.07) is 0. The lowest BCUT2D eigenvalue weighted by Gasteiger charge is -2.17. The first kappa shape index (κ1) is 13.1. The number of rotatable bonds is 4. The third-order valence-corrected chi connectivity index (χ3v) is 4.42. The summed E-state index contributed by atoms with van der Waals surface area (Å²) in [5.74, 6) is 3.86. The zero-order chi connectivity index (χ0) is 12.3. The Morgan fingerprint density at radius 3 is 3.06 bits per heavy atom. The highest BCUT2D eigenvalue weighted by Gasteiger charge is 2.12. The summed E-state index contributed by atoms with van der Waals surface area (Å²) >= 11 is 7.27. The van der Waals surface area contributed by atoms with Crippen molar-refractivity contribution in [1.29, 1.82) is 0 Å². The van der Waals surface area contributed by atoms with E-state index in [1.165, 1.54) is 17.0 Å². The SMILES string of the molecule is CC(C)CSCc1nc(=S)c2c([nH]1)CCNC2. The molecule has 0 spiro atoms. The molecule has 0 aromatic carbocycles. The Hall–Kier alpha value is -0.390. The first-order valence-corrected chi connectivity index (χ1v) is 7.62. The average molecular weight is 269 g/mol. The first-order valence-electron chi connectivity index (χ1n) is 6.06. The molecule has 0 fully saturated rings. The van der Waals surface area contributed by atoms with Gasteiger partial charge in [0.15, 0.2) is 0 Å². The van der Waals surface area contributed by atoms with E-state index >= 15 is 0 Å². The Balaban J connectivity index is 2.09. The van der Waals surface area contributed by atoms with Crippen molar-refractivity contribution in [1.82, 2.24) is 15.3 Å². The molecule has 0 unspecified atom stereocenters. The summed E-state index contributed by atoms with van der Waals surface area (Å²) in [4.78, 5) is 7.92. The van der Waals surface area contributed by atoms with E-state index in [0.717, 1.165) is 41.6 Å². The molecule has 1 aliphatic rings. The minimum absolute atomic E-state index is 0.727. The van der Waals surface area contributed by atoms with Gasteiger partial charge in [0, 0.05) is 30.8 Å². The van der Waals surface area contributed by atoms with Crippen molar-refractivity contribution in [2.75, 3.05) is 12.3 Å². The Labute approximate surface area is 112 Å². The number of fused-ring (bicyclic) bond motifs is 1. The van der Waals surface area contributed by atoms with Crippen LogP contribution in [0.5, 0.6) is 0 Å². The number of thioether (sulfide) groups is 1. The number of nitrogens with one attached hydrogen (secondary N) is 2. The van der Waals surface area contributed by atoms with E-state index in [2.05, 4.69) is 29.1 Å². The van der Waals surface area contributed by atoms with Gasteiger partial charge in [-0.2, -0.15) is 11.8 Å². The molecular formula is C12H19N3S2. The van der Waals surface area contributed by atoms with Crippen molar-refractivity contribution < 1.29 is 0 Å². The highest BCUT2D eigenvalue weighted by Crippen LogP contribution is 2.16. The monoisotopic (exact) mass is 269 g/mol. The molecule has 2 N–H and O–H groups in total. The zero-order valence-corrected chi connectivity index (χ0v) is 12.0. The molecule has 0 amide bonds. The Kier molecular flexibility index (Phi) is 4.59. The molecule has 0 radical (unpaired) electrons. The van der Waals surface area contributed by atoms with Gasteiger partial charge in [0.2, 0.25) is 0 Å². The van der Waals surface area contributed by atoms with E-state index in [1.54, 1.807) is 0 Å². The smallest absolute Gasteiger partial charge is 0.134 e. The van der Waals surface area contributed by atoms with E-state index in [-0.39, 0.29) is 0 Å². The van der Waals surface area contributed by atoms with Gasteiger partial charge in [-0.25, -0.2) is 4.98 Å². The van der Waals surface area contributed by atoms with Crippen LogP contribution >= 0.6 is 24.0 Å². The van der Waals surface area contributed by atoms with Crippen LogP contribution in [0.4, 0.5) is 0 Å². The number of nitrogens with zero attached hydrogens (tertiary/aromatic N) is 1. The molecule has 0 aliphatic carbocycles. The minimum atomic E-state index is 0.727. The number of aromatic nitrogens is 2. The van der Waals surface area contributed by atoms with Gasteiger partial charge in [-0.15, -0.1) is 0 Å². The van der Waals surface area contributed by atoms with Crippen LogP contribution in [0.3, 0.4) is 0 Å². The summed E-state index contributed by atoms with van der Waals surface area (Å²) in [5, 5.41) is 3.33. The lowest BCUT2D eigenvalue weighted by atomic mass is 10.1. The van der Waals surface area contributed by atoms with E-state index in [1.807, 2.05) is 11.8 Å². The van der Waals surface area contributed by atoms with Crippen LogP contribution in [-0.4, -0.2) is 22.3 Å². The van der Waals surface area contributed by atoms with E-state index in [9.17, 15) is 0 Å². The Morgan fingerprint density at radius 2 is 2.29 bits per heavy atom. The summed E-state index contributed by atoms with van der Waals surface area (Å²) in [5.41, 5.74) is 2.47. The van der Waals surface area contributed by atoms with Crippen molar-refractivity contribution in [2.45, 2.75) is 32.6 Å². The van der Waals surface area contributed by atoms with Crippen molar-refractivity contribution in [3.05, 3.63) is 21.7 Å². The molecule has 1 aliphatic heterocycles. The maximum Gasteiger partial charge on any atom is 0.134 e. The first-order chi connectivity index (χ1) is 8.16. The van der Waals surface area contributed by atoms with Gasteiger partial charge in [0.1, 0.15) is 10.5 Å². The molecule has 17 heavy (non-hydrogen) atoms. The van der Waals surface area contributed by atoms with E-state index < -0.39 is 0 Å². The predicted octanol–water partition coefficient (Wildman–Crippen LogP) is 2.67. The molecule has 2 heterocycles. The topological polar surface area (TPSA) is 40.7 Å². The van der Waals surface area contributed by atoms with Gasteiger partial charge >= 0.3 is 0 Å². The summed E-state index contributed by atoms with van der Waals surface area (Å²) < 4.78 is 0.770. The van der Waals surface area contributed by atoms with Crippen LogP contribution in [0.2, 0.25) is 0 Å². The fourth-order valence-corrected chi connectivity index (χ4v) is 3.10. The van der Waals surface area contributed by atoms with Gasteiger partial charge in [0.05, 0.1) is 5.75 Å². The second-order valence-electron chi connectivity index (χ2n) is 4.78. The lowest BCUT2D eigenvalue weighted by Crippen LogP contribution is -2.25. The lowest BCUT2D eigenvalue weighted by molar-refractivity contribution is 0.620. The van der Waals surface area contributed by atoms with Gasteiger partial charge in [0.25, 0.3) is 0 Å². The maximum atomic E-state index is 5.35. The molecule has 94 valence electrons. The molecule has 0 saturated heterocycles. The minimum Gasteiger partial charge on any atom is -0.346 e. The van der Waals surface area contributed by atoms with Crippen LogP contribution in [0.15, 0.2) is 0 Å². The molecule has 1 aromatic heterocycles. The Bertz CT molecular complexity index is 440. The van der Waals surface area contributed by atoms with Crippen LogP contribution < -0.4 is 5.32 Å². The highest BCUT2D eigenvalue weighted by molar-refractivity contribution is 7.98. The zero-order valence-electron chi connectivity index (χ0n) is 10.4. The van der Waals surface area contributed by atoms with Gasteiger partial charge < -0.3 is 10.3 Å². The average Bonchev–Trinajstić information content (AvgIpc) is 2.28. The predicted molar refractivity (Wildman–Crippen MR) is 75.8 cm³/mol. The molecule has 2 rings (SSSR count). The second-order valence-corrected chi connectivity index (χ2v) is 6.20. The van der Waals surface area contributed by atoms with Crippen molar-refractivity contribution >= 4 is 24.0 Å². The summed E-state index contributed by atoms with van der Waals surface area (Å²) in [6.07, 6.45) is 1.03. The third-order valence-electron chi connectivity index (χ3n) is 2.70. The maximum absolute atomic E-state index is 5.35. The highest BCUT2D eigenvalue weighted by atomic mass is 32.2. The normalized spacial score (nSPS) is 15.0.